The monoisotopic (exact) mass is 339 g/mol. The number of benzene rings is 1. The molecule has 0 spiro atoms. The van der Waals surface area contributed by atoms with E-state index in [1.165, 1.54) is 19.2 Å². The lowest BCUT2D eigenvalue weighted by molar-refractivity contribution is 0.0697. The van der Waals surface area contributed by atoms with Gasteiger partial charge in [-0.25, -0.2) is 17.5 Å². The van der Waals surface area contributed by atoms with E-state index < -0.39 is 21.6 Å². The van der Waals surface area contributed by atoms with Crippen LogP contribution in [0.15, 0.2) is 17.0 Å². The highest BCUT2D eigenvalue weighted by atomic mass is 35.5. The summed E-state index contributed by atoms with van der Waals surface area (Å²) in [5, 5.41) is 8.57. The highest BCUT2D eigenvalue weighted by molar-refractivity contribution is 7.89. The number of nitrogens with zero attached hydrogens (tertiary/aromatic N) is 1. The number of halogens is 2. The van der Waals surface area contributed by atoms with Gasteiger partial charge in [-0.2, -0.15) is 0 Å². The van der Waals surface area contributed by atoms with E-state index in [9.17, 15) is 13.2 Å². The molecule has 0 aliphatic rings. The van der Waals surface area contributed by atoms with Gasteiger partial charge in [-0.3, -0.25) is 0 Å². The van der Waals surface area contributed by atoms with Crippen LogP contribution in [0.3, 0.4) is 0 Å². The zero-order valence-electron chi connectivity index (χ0n) is 11.1. The predicted octanol–water partition coefficient (Wildman–Crippen LogP) is 3.11. The van der Waals surface area contributed by atoms with E-state index in [0.717, 1.165) is 10.7 Å². The molecule has 0 saturated heterocycles. The summed E-state index contributed by atoms with van der Waals surface area (Å²) in [7, 11) is -2.41. The number of carbonyl (C=O) groups is 1. The van der Waals surface area contributed by atoms with E-state index in [-0.39, 0.29) is 14.9 Å². The Labute approximate surface area is 128 Å². The second kappa shape index (κ2) is 6.76. The second-order valence-corrected chi connectivity index (χ2v) is 7.02. The molecule has 0 radical (unpaired) electrons. The van der Waals surface area contributed by atoms with Crippen LogP contribution in [0.4, 0.5) is 0 Å². The first-order chi connectivity index (χ1) is 9.23. The Morgan fingerprint density at radius 2 is 1.95 bits per heavy atom. The zero-order chi connectivity index (χ0) is 15.5. The highest BCUT2D eigenvalue weighted by Gasteiger charge is 2.27. The van der Waals surface area contributed by atoms with Gasteiger partial charge in [-0.1, -0.05) is 36.5 Å². The summed E-state index contributed by atoms with van der Waals surface area (Å²) in [6, 6.07) is 2.44. The summed E-state index contributed by atoms with van der Waals surface area (Å²) in [5.74, 6) is -1.37. The van der Waals surface area contributed by atoms with Gasteiger partial charge >= 0.3 is 5.97 Å². The molecule has 0 aliphatic carbocycles. The van der Waals surface area contributed by atoms with Crippen LogP contribution in [0.5, 0.6) is 0 Å². The molecule has 0 fully saturated rings. The summed E-state index contributed by atoms with van der Waals surface area (Å²) in [6.45, 7) is 2.28. The molecule has 0 aliphatic heterocycles. The number of unbranched alkanes of at least 4 members (excludes halogenated alkanes) is 1. The molecule has 0 aromatic heterocycles. The minimum Gasteiger partial charge on any atom is -0.478 e. The SMILES string of the molecule is CCCCN(C)S(=O)(=O)c1ccc(Cl)c(C(=O)O)c1Cl. The highest BCUT2D eigenvalue weighted by Crippen LogP contribution is 2.32. The maximum Gasteiger partial charge on any atom is 0.338 e. The molecular formula is C12H15Cl2NO4S. The molecule has 5 nitrogen and oxygen atoms in total. The third-order valence-electron chi connectivity index (χ3n) is 2.78. The van der Waals surface area contributed by atoms with Gasteiger partial charge in [0.1, 0.15) is 4.90 Å². The van der Waals surface area contributed by atoms with Gasteiger partial charge in [0, 0.05) is 13.6 Å². The zero-order valence-corrected chi connectivity index (χ0v) is 13.4. The maximum atomic E-state index is 12.4. The lowest BCUT2D eigenvalue weighted by Gasteiger charge is -2.18. The molecule has 1 rings (SSSR count). The lowest BCUT2D eigenvalue weighted by atomic mass is 10.2. The number of hydrogen-bond acceptors (Lipinski definition) is 3. The molecule has 1 aromatic rings. The number of sulfonamides is 1. The lowest BCUT2D eigenvalue weighted by Crippen LogP contribution is -2.28. The van der Waals surface area contributed by atoms with Crippen molar-refractivity contribution in [2.24, 2.45) is 0 Å². The molecule has 0 heterocycles. The topological polar surface area (TPSA) is 74.7 Å². The average molecular weight is 340 g/mol. The third-order valence-corrected chi connectivity index (χ3v) is 5.50. The van der Waals surface area contributed by atoms with Crippen molar-refractivity contribution in [1.82, 2.24) is 4.31 Å². The number of rotatable bonds is 6. The van der Waals surface area contributed by atoms with Gasteiger partial charge in [0.25, 0.3) is 0 Å². The standard InChI is InChI=1S/C12H15Cl2NO4S/c1-3-4-7-15(2)20(18,19)9-6-5-8(13)10(11(9)14)12(16)17/h5-6H,3-4,7H2,1-2H3,(H,16,17). The third kappa shape index (κ3) is 3.44. The predicted molar refractivity (Wildman–Crippen MR) is 78.1 cm³/mol. The first kappa shape index (κ1) is 17.2. The van der Waals surface area contributed by atoms with E-state index in [2.05, 4.69) is 0 Å². The summed E-state index contributed by atoms with van der Waals surface area (Å²) < 4.78 is 25.9. The quantitative estimate of drug-likeness (QED) is 0.863. The van der Waals surface area contributed by atoms with Crippen molar-refractivity contribution in [2.75, 3.05) is 13.6 Å². The molecule has 0 bridgehead atoms. The van der Waals surface area contributed by atoms with Gasteiger partial charge in [0.15, 0.2) is 0 Å². The molecule has 0 amide bonds. The molecule has 8 heteroatoms. The van der Waals surface area contributed by atoms with Crippen molar-refractivity contribution >= 4 is 39.2 Å². The Balaban J connectivity index is 3.33. The molecule has 0 atom stereocenters. The van der Waals surface area contributed by atoms with Crippen molar-refractivity contribution in [1.29, 1.82) is 0 Å². The van der Waals surface area contributed by atoms with Crippen LogP contribution in [-0.4, -0.2) is 37.4 Å². The van der Waals surface area contributed by atoms with Gasteiger partial charge < -0.3 is 5.11 Å². The van der Waals surface area contributed by atoms with E-state index in [4.69, 9.17) is 28.3 Å². The number of hydrogen-bond donors (Lipinski definition) is 1. The molecule has 112 valence electrons. The summed E-state index contributed by atoms with van der Waals surface area (Å²) in [4.78, 5) is 10.8. The summed E-state index contributed by atoms with van der Waals surface area (Å²) >= 11 is 11.6. The van der Waals surface area contributed by atoms with Crippen LogP contribution in [-0.2, 0) is 10.0 Å². The van der Waals surface area contributed by atoms with Crippen LogP contribution in [0.1, 0.15) is 30.1 Å². The van der Waals surface area contributed by atoms with E-state index in [1.807, 2.05) is 6.92 Å². The Morgan fingerprint density at radius 3 is 2.45 bits per heavy atom. The van der Waals surface area contributed by atoms with Crippen LogP contribution in [0, 0.1) is 0 Å². The summed E-state index contributed by atoms with van der Waals surface area (Å²) in [5.41, 5.74) is -0.404. The van der Waals surface area contributed by atoms with Crippen LogP contribution in [0.25, 0.3) is 0 Å². The Morgan fingerprint density at radius 1 is 1.35 bits per heavy atom. The van der Waals surface area contributed by atoms with E-state index in [1.54, 1.807) is 0 Å². The van der Waals surface area contributed by atoms with Crippen molar-refractivity contribution < 1.29 is 18.3 Å². The van der Waals surface area contributed by atoms with Gasteiger partial charge in [-0.15, -0.1) is 0 Å². The molecule has 0 saturated carbocycles. The number of carboxylic acid groups (broad SMARTS) is 1. The van der Waals surface area contributed by atoms with E-state index in [0.29, 0.717) is 13.0 Å². The van der Waals surface area contributed by atoms with E-state index >= 15 is 0 Å². The number of carboxylic acids is 1. The fraction of sp³-hybridized carbons (Fsp3) is 0.417. The average Bonchev–Trinajstić information content (AvgIpc) is 2.34. The minimum atomic E-state index is -3.84. The Kier molecular flexibility index (Phi) is 5.82. The second-order valence-electron chi connectivity index (χ2n) is 4.22. The first-order valence-corrected chi connectivity index (χ1v) is 8.10. The van der Waals surface area contributed by atoms with Crippen LogP contribution in [0.2, 0.25) is 10.0 Å². The van der Waals surface area contributed by atoms with Crippen LogP contribution < -0.4 is 0 Å². The maximum absolute atomic E-state index is 12.4. The normalized spacial score (nSPS) is 11.8. The van der Waals surface area contributed by atoms with Gasteiger partial charge in [-0.05, 0) is 18.6 Å². The fourth-order valence-electron chi connectivity index (χ4n) is 1.60. The van der Waals surface area contributed by atoms with Crippen molar-refractivity contribution in [3.8, 4) is 0 Å². The first-order valence-electron chi connectivity index (χ1n) is 5.91. The molecule has 1 N–H and O–H groups in total. The summed E-state index contributed by atoms with van der Waals surface area (Å²) in [6.07, 6.45) is 1.54. The molecule has 1 aromatic carbocycles. The van der Waals surface area contributed by atoms with Crippen molar-refractivity contribution in [3.05, 3.63) is 27.7 Å². The fourth-order valence-corrected chi connectivity index (χ4v) is 3.70. The largest absolute Gasteiger partial charge is 0.478 e. The Bertz CT molecular complexity index is 616. The van der Waals surface area contributed by atoms with Gasteiger partial charge in [0.05, 0.1) is 15.6 Å². The van der Waals surface area contributed by atoms with Crippen LogP contribution >= 0.6 is 23.2 Å². The smallest absolute Gasteiger partial charge is 0.338 e. The number of aromatic carboxylic acids is 1. The molecule has 20 heavy (non-hydrogen) atoms. The minimum absolute atomic E-state index is 0.0994. The van der Waals surface area contributed by atoms with Gasteiger partial charge in [0.2, 0.25) is 10.0 Å². The van der Waals surface area contributed by atoms with Crippen molar-refractivity contribution in [2.45, 2.75) is 24.7 Å². The van der Waals surface area contributed by atoms with Crippen molar-refractivity contribution in [3.63, 3.8) is 0 Å². The molecular weight excluding hydrogens is 325 g/mol. The Hall–Kier alpha value is -0.820. The molecule has 0 unspecified atom stereocenters.